The van der Waals surface area contributed by atoms with Gasteiger partial charge in [-0.2, -0.15) is 0 Å². The maximum Gasteiger partial charge on any atom is 0.0667 e. The highest BCUT2D eigenvalue weighted by Crippen LogP contribution is 2.20. The smallest absolute Gasteiger partial charge is 0.0667 e. The van der Waals surface area contributed by atoms with Gasteiger partial charge in [-0.05, 0) is 37.5 Å². The number of ether oxygens (including phenoxy) is 1. The molecule has 0 spiro atoms. The Kier molecular flexibility index (Phi) is 6.90. The molecule has 4 nitrogen and oxygen atoms in total. The van der Waals surface area contributed by atoms with Gasteiger partial charge < -0.3 is 20.1 Å². The van der Waals surface area contributed by atoms with Crippen molar-refractivity contribution in [3.05, 3.63) is 42.5 Å². The molecule has 0 radical (unpaired) electrons. The van der Waals surface area contributed by atoms with Crippen LogP contribution >= 0.6 is 0 Å². The minimum atomic E-state index is -0.312. The topological polar surface area (TPSA) is 44.7 Å². The third-order valence-corrected chi connectivity index (χ3v) is 4.13. The van der Waals surface area contributed by atoms with Crippen molar-refractivity contribution in [1.29, 1.82) is 0 Å². The number of allylic oxidation sites excluding steroid dienone is 1. The van der Waals surface area contributed by atoms with Crippen LogP contribution in [0.2, 0.25) is 0 Å². The molecule has 1 fully saturated rings. The van der Waals surface area contributed by atoms with Crippen molar-refractivity contribution in [2.45, 2.75) is 31.9 Å². The molecule has 22 heavy (non-hydrogen) atoms. The van der Waals surface area contributed by atoms with E-state index in [4.69, 9.17) is 4.74 Å². The Morgan fingerprint density at radius 1 is 1.32 bits per heavy atom. The average Bonchev–Trinajstić information content (AvgIpc) is 2.58. The number of benzene rings is 1. The largest absolute Gasteiger partial charge is 0.392 e. The van der Waals surface area contributed by atoms with Gasteiger partial charge in [0.2, 0.25) is 0 Å². The van der Waals surface area contributed by atoms with Crippen molar-refractivity contribution in [2.75, 3.05) is 37.7 Å². The second-order valence-corrected chi connectivity index (χ2v) is 5.84. The highest BCUT2D eigenvalue weighted by molar-refractivity contribution is 5.48. The van der Waals surface area contributed by atoms with Crippen LogP contribution in [0.3, 0.4) is 0 Å². The zero-order chi connectivity index (χ0) is 15.8. The van der Waals surface area contributed by atoms with Crippen LogP contribution in [0.25, 0.3) is 0 Å². The second-order valence-electron chi connectivity index (χ2n) is 5.84. The SMILES string of the molecule is C=CCCC(O)CNC(C)c1ccc(N2CCOCC2)cc1. The van der Waals surface area contributed by atoms with Gasteiger partial charge in [0.05, 0.1) is 19.3 Å². The van der Waals surface area contributed by atoms with E-state index in [9.17, 15) is 5.11 Å². The number of rotatable bonds is 8. The van der Waals surface area contributed by atoms with E-state index in [-0.39, 0.29) is 12.1 Å². The fraction of sp³-hybridized carbons (Fsp3) is 0.556. The molecule has 4 heteroatoms. The fourth-order valence-electron chi connectivity index (χ4n) is 2.64. The molecule has 2 rings (SSSR count). The number of anilines is 1. The normalized spacial score (nSPS) is 18.0. The van der Waals surface area contributed by atoms with Gasteiger partial charge in [-0.1, -0.05) is 18.2 Å². The number of aliphatic hydroxyl groups is 1. The van der Waals surface area contributed by atoms with Gasteiger partial charge in [-0.3, -0.25) is 0 Å². The standard InChI is InChI=1S/C18H28N2O2/c1-3-4-5-18(21)14-19-15(2)16-6-8-17(9-7-16)20-10-12-22-13-11-20/h3,6-9,15,18-19,21H,1,4-5,10-14H2,2H3. The van der Waals surface area contributed by atoms with Crippen LogP contribution < -0.4 is 10.2 Å². The Hall–Kier alpha value is -1.36. The number of nitrogens with zero attached hydrogens (tertiary/aromatic N) is 1. The van der Waals surface area contributed by atoms with Crippen LogP contribution in [-0.2, 0) is 4.74 Å². The van der Waals surface area contributed by atoms with Crippen LogP contribution in [0.15, 0.2) is 36.9 Å². The number of hydrogen-bond acceptors (Lipinski definition) is 4. The molecule has 0 amide bonds. The molecular weight excluding hydrogens is 276 g/mol. The molecule has 2 unspecified atom stereocenters. The lowest BCUT2D eigenvalue weighted by atomic mass is 10.1. The predicted octanol–water partition coefficient (Wildman–Crippen LogP) is 2.50. The summed E-state index contributed by atoms with van der Waals surface area (Å²) in [7, 11) is 0. The van der Waals surface area contributed by atoms with Crippen molar-refractivity contribution in [3.8, 4) is 0 Å². The molecule has 1 saturated heterocycles. The van der Waals surface area contributed by atoms with Crippen LogP contribution in [0, 0.1) is 0 Å². The molecule has 122 valence electrons. The van der Waals surface area contributed by atoms with Gasteiger partial charge in [-0.25, -0.2) is 0 Å². The summed E-state index contributed by atoms with van der Waals surface area (Å²) in [5, 5.41) is 13.3. The first kappa shape index (κ1) is 17.0. The van der Waals surface area contributed by atoms with Crippen molar-refractivity contribution < 1.29 is 9.84 Å². The molecule has 0 saturated carbocycles. The molecule has 0 bridgehead atoms. The summed E-state index contributed by atoms with van der Waals surface area (Å²) in [5.74, 6) is 0. The van der Waals surface area contributed by atoms with E-state index in [2.05, 4.69) is 48.0 Å². The van der Waals surface area contributed by atoms with Gasteiger partial charge in [0, 0.05) is 31.4 Å². The molecule has 2 atom stereocenters. The summed E-state index contributed by atoms with van der Waals surface area (Å²) < 4.78 is 5.38. The molecule has 2 N–H and O–H groups in total. The van der Waals surface area contributed by atoms with Crippen molar-refractivity contribution in [1.82, 2.24) is 5.32 Å². The lowest BCUT2D eigenvalue weighted by Gasteiger charge is -2.29. The molecule has 0 aliphatic carbocycles. The van der Waals surface area contributed by atoms with E-state index in [1.54, 1.807) is 0 Å². The summed E-state index contributed by atoms with van der Waals surface area (Å²) in [6.45, 7) is 9.96. The van der Waals surface area contributed by atoms with E-state index in [1.807, 2.05) is 6.08 Å². The Labute approximate surface area is 133 Å². The molecule has 1 aliphatic rings. The van der Waals surface area contributed by atoms with Gasteiger partial charge in [0.1, 0.15) is 0 Å². The van der Waals surface area contributed by atoms with Crippen molar-refractivity contribution in [3.63, 3.8) is 0 Å². The van der Waals surface area contributed by atoms with Gasteiger partial charge in [0.15, 0.2) is 0 Å². The Bertz CT molecular complexity index is 441. The maximum atomic E-state index is 9.86. The van der Waals surface area contributed by atoms with Gasteiger partial charge >= 0.3 is 0 Å². The molecule has 1 aromatic carbocycles. The second kappa shape index (κ2) is 8.93. The van der Waals surface area contributed by atoms with Crippen LogP contribution in [0.5, 0.6) is 0 Å². The zero-order valence-corrected chi connectivity index (χ0v) is 13.5. The molecular formula is C18H28N2O2. The highest BCUT2D eigenvalue weighted by Gasteiger charge is 2.12. The van der Waals surface area contributed by atoms with Crippen LogP contribution in [0.1, 0.15) is 31.4 Å². The Morgan fingerprint density at radius 3 is 2.64 bits per heavy atom. The number of nitrogens with one attached hydrogen (secondary N) is 1. The number of morpholine rings is 1. The van der Waals surface area contributed by atoms with Crippen molar-refractivity contribution >= 4 is 5.69 Å². The van der Waals surface area contributed by atoms with E-state index < -0.39 is 0 Å². The molecule has 0 aromatic heterocycles. The summed E-state index contributed by atoms with van der Waals surface area (Å²) in [5.41, 5.74) is 2.50. The fourth-order valence-corrected chi connectivity index (χ4v) is 2.64. The van der Waals surface area contributed by atoms with Crippen LogP contribution in [0.4, 0.5) is 5.69 Å². The van der Waals surface area contributed by atoms with Crippen molar-refractivity contribution in [2.24, 2.45) is 0 Å². The first-order chi connectivity index (χ1) is 10.7. The zero-order valence-electron chi connectivity index (χ0n) is 13.5. The minimum absolute atomic E-state index is 0.233. The number of aliphatic hydroxyl groups excluding tert-OH is 1. The van der Waals surface area contributed by atoms with E-state index in [1.165, 1.54) is 11.3 Å². The van der Waals surface area contributed by atoms with Gasteiger partial charge in [-0.15, -0.1) is 6.58 Å². The summed E-state index contributed by atoms with van der Waals surface area (Å²) in [6.07, 6.45) is 3.15. The summed E-state index contributed by atoms with van der Waals surface area (Å²) in [4.78, 5) is 2.35. The summed E-state index contributed by atoms with van der Waals surface area (Å²) >= 11 is 0. The first-order valence-corrected chi connectivity index (χ1v) is 8.15. The van der Waals surface area contributed by atoms with E-state index in [0.29, 0.717) is 6.54 Å². The highest BCUT2D eigenvalue weighted by atomic mass is 16.5. The van der Waals surface area contributed by atoms with Crippen LogP contribution in [-0.4, -0.2) is 44.1 Å². The third-order valence-electron chi connectivity index (χ3n) is 4.13. The van der Waals surface area contributed by atoms with E-state index in [0.717, 1.165) is 39.1 Å². The maximum absolute atomic E-state index is 9.86. The molecule has 1 heterocycles. The number of hydrogen-bond donors (Lipinski definition) is 2. The lowest BCUT2D eigenvalue weighted by molar-refractivity contribution is 0.122. The summed E-state index contributed by atoms with van der Waals surface area (Å²) in [6, 6.07) is 8.91. The quantitative estimate of drug-likeness (QED) is 0.724. The van der Waals surface area contributed by atoms with Gasteiger partial charge in [0.25, 0.3) is 0 Å². The Morgan fingerprint density at radius 2 is 2.00 bits per heavy atom. The first-order valence-electron chi connectivity index (χ1n) is 8.15. The molecule has 1 aromatic rings. The lowest BCUT2D eigenvalue weighted by Crippen LogP contribution is -2.36. The average molecular weight is 304 g/mol. The molecule has 1 aliphatic heterocycles. The third kappa shape index (κ3) is 5.13. The monoisotopic (exact) mass is 304 g/mol. The minimum Gasteiger partial charge on any atom is -0.392 e. The predicted molar refractivity (Wildman–Crippen MR) is 91.3 cm³/mol. The Balaban J connectivity index is 1.82. The van der Waals surface area contributed by atoms with E-state index >= 15 is 0 Å².